The van der Waals surface area contributed by atoms with Gasteiger partial charge in [0.25, 0.3) is 0 Å². The molecule has 7 heteroatoms. The lowest BCUT2D eigenvalue weighted by Crippen LogP contribution is -2.45. The maximum atomic E-state index is 12.1. The van der Waals surface area contributed by atoms with Gasteiger partial charge in [-0.3, -0.25) is 14.2 Å². The number of amides is 2. The monoisotopic (exact) mass is 374 g/mol. The smallest absolute Gasteiger partial charge is 0.242 e. The third-order valence-corrected chi connectivity index (χ3v) is 4.99. The molecule has 2 aromatic rings. The number of carbonyl (C=O) groups is 2. The zero-order valence-corrected chi connectivity index (χ0v) is 16.5. The highest BCUT2D eigenvalue weighted by Gasteiger charge is 2.16. The van der Waals surface area contributed by atoms with Crippen molar-refractivity contribution in [3.8, 4) is 5.69 Å². The standard InChI is InChI=1S/C19H26N4O2S/c1-5-8-20-18(25)15(4)22-17(24)12-26-19-21-9-10-23(19)16-7-6-13(2)14(3)11-16/h6-7,9-11,15H,5,8,12H2,1-4H3,(H,20,25)(H,22,24)/t15-/m0/s1. The van der Waals surface area contributed by atoms with Crippen molar-refractivity contribution in [2.45, 2.75) is 45.3 Å². The number of imidazole rings is 1. The van der Waals surface area contributed by atoms with Crippen LogP contribution in [0, 0.1) is 13.8 Å². The van der Waals surface area contributed by atoms with Crippen LogP contribution in [0.15, 0.2) is 35.7 Å². The molecule has 0 saturated carbocycles. The Morgan fingerprint density at radius 1 is 1.27 bits per heavy atom. The van der Waals surface area contributed by atoms with Crippen LogP contribution in [0.1, 0.15) is 31.4 Å². The van der Waals surface area contributed by atoms with E-state index in [9.17, 15) is 9.59 Å². The van der Waals surface area contributed by atoms with Crippen LogP contribution in [0.5, 0.6) is 0 Å². The molecule has 0 unspecified atom stereocenters. The molecule has 0 aliphatic heterocycles. The summed E-state index contributed by atoms with van der Waals surface area (Å²) in [6.45, 7) is 8.43. The number of benzene rings is 1. The van der Waals surface area contributed by atoms with Gasteiger partial charge in [-0.05, 0) is 50.5 Å². The van der Waals surface area contributed by atoms with Crippen molar-refractivity contribution in [2.24, 2.45) is 0 Å². The molecule has 1 aromatic heterocycles. The molecular weight excluding hydrogens is 348 g/mol. The summed E-state index contributed by atoms with van der Waals surface area (Å²) in [6, 6.07) is 5.66. The van der Waals surface area contributed by atoms with Crippen molar-refractivity contribution < 1.29 is 9.59 Å². The zero-order valence-electron chi connectivity index (χ0n) is 15.7. The first-order chi connectivity index (χ1) is 12.4. The van der Waals surface area contributed by atoms with Gasteiger partial charge < -0.3 is 10.6 Å². The molecule has 0 radical (unpaired) electrons. The lowest BCUT2D eigenvalue weighted by Gasteiger charge is -2.14. The Morgan fingerprint density at radius 2 is 2.04 bits per heavy atom. The van der Waals surface area contributed by atoms with Crippen LogP contribution < -0.4 is 10.6 Å². The number of hydrogen-bond acceptors (Lipinski definition) is 4. The van der Waals surface area contributed by atoms with E-state index in [1.165, 1.54) is 22.9 Å². The summed E-state index contributed by atoms with van der Waals surface area (Å²) in [7, 11) is 0. The van der Waals surface area contributed by atoms with E-state index in [0.717, 1.165) is 17.3 Å². The third kappa shape index (κ3) is 5.36. The maximum absolute atomic E-state index is 12.1. The molecule has 2 amide bonds. The first-order valence-electron chi connectivity index (χ1n) is 8.73. The first-order valence-corrected chi connectivity index (χ1v) is 9.71. The highest BCUT2D eigenvalue weighted by molar-refractivity contribution is 7.99. The van der Waals surface area contributed by atoms with E-state index in [-0.39, 0.29) is 17.6 Å². The van der Waals surface area contributed by atoms with Crippen LogP contribution in [-0.2, 0) is 9.59 Å². The zero-order chi connectivity index (χ0) is 19.1. The molecule has 0 bridgehead atoms. The largest absolute Gasteiger partial charge is 0.354 e. The number of nitrogens with zero attached hydrogens (tertiary/aromatic N) is 2. The maximum Gasteiger partial charge on any atom is 0.242 e. The second-order valence-corrected chi connectivity index (χ2v) is 7.16. The molecule has 0 saturated heterocycles. The fourth-order valence-corrected chi connectivity index (χ4v) is 3.13. The highest BCUT2D eigenvalue weighted by Crippen LogP contribution is 2.22. The van der Waals surface area contributed by atoms with Crippen LogP contribution in [0.4, 0.5) is 0 Å². The summed E-state index contributed by atoms with van der Waals surface area (Å²) < 4.78 is 1.96. The molecule has 140 valence electrons. The minimum absolute atomic E-state index is 0.165. The number of hydrogen-bond donors (Lipinski definition) is 2. The average molecular weight is 375 g/mol. The predicted octanol–water partition coefficient (Wildman–Crippen LogP) is 2.61. The molecule has 2 rings (SSSR count). The van der Waals surface area contributed by atoms with Crippen molar-refractivity contribution in [3.63, 3.8) is 0 Å². The number of carbonyl (C=O) groups excluding carboxylic acids is 2. The van der Waals surface area contributed by atoms with Gasteiger partial charge in [-0.2, -0.15) is 0 Å². The molecule has 2 N–H and O–H groups in total. The summed E-state index contributed by atoms with van der Waals surface area (Å²) >= 11 is 1.35. The number of aryl methyl sites for hydroxylation is 2. The highest BCUT2D eigenvalue weighted by atomic mass is 32.2. The number of thioether (sulfide) groups is 1. The van der Waals surface area contributed by atoms with Crippen LogP contribution in [0.25, 0.3) is 5.69 Å². The minimum Gasteiger partial charge on any atom is -0.354 e. The summed E-state index contributed by atoms with van der Waals surface area (Å²) in [5.41, 5.74) is 3.45. The molecule has 0 fully saturated rings. The molecular formula is C19H26N4O2S. The molecule has 1 atom stereocenters. The van der Waals surface area contributed by atoms with Crippen molar-refractivity contribution in [2.75, 3.05) is 12.3 Å². The van der Waals surface area contributed by atoms with E-state index in [4.69, 9.17) is 0 Å². The van der Waals surface area contributed by atoms with Crippen molar-refractivity contribution in [1.82, 2.24) is 20.2 Å². The van der Waals surface area contributed by atoms with E-state index >= 15 is 0 Å². The van der Waals surface area contributed by atoms with E-state index in [0.29, 0.717) is 6.54 Å². The van der Waals surface area contributed by atoms with Gasteiger partial charge in [0.2, 0.25) is 11.8 Å². The molecule has 0 spiro atoms. The summed E-state index contributed by atoms with van der Waals surface area (Å²) in [4.78, 5) is 28.3. The average Bonchev–Trinajstić information content (AvgIpc) is 3.08. The van der Waals surface area contributed by atoms with Crippen LogP contribution in [-0.4, -0.2) is 39.7 Å². The summed E-state index contributed by atoms with van der Waals surface area (Å²) in [5.74, 6) is -0.154. The molecule has 6 nitrogen and oxygen atoms in total. The van der Waals surface area contributed by atoms with Crippen molar-refractivity contribution in [1.29, 1.82) is 0 Å². The molecule has 0 aliphatic rings. The Hall–Kier alpha value is -2.28. The number of nitrogens with one attached hydrogen (secondary N) is 2. The molecule has 1 aromatic carbocycles. The van der Waals surface area contributed by atoms with Gasteiger partial charge in [0, 0.05) is 24.6 Å². The second-order valence-electron chi connectivity index (χ2n) is 6.22. The minimum atomic E-state index is -0.547. The van der Waals surface area contributed by atoms with E-state index < -0.39 is 6.04 Å². The number of aromatic nitrogens is 2. The summed E-state index contributed by atoms with van der Waals surface area (Å²) in [5, 5.41) is 6.23. The van der Waals surface area contributed by atoms with Crippen LogP contribution in [0.2, 0.25) is 0 Å². The van der Waals surface area contributed by atoms with E-state index in [1.54, 1.807) is 13.1 Å². The first kappa shape index (κ1) is 20.0. The fraction of sp³-hybridized carbons (Fsp3) is 0.421. The topological polar surface area (TPSA) is 76.0 Å². The predicted molar refractivity (Wildman–Crippen MR) is 105 cm³/mol. The van der Waals surface area contributed by atoms with E-state index in [2.05, 4.69) is 41.6 Å². The summed E-state index contributed by atoms with van der Waals surface area (Å²) in [6.07, 6.45) is 4.46. The fourth-order valence-electron chi connectivity index (χ4n) is 2.35. The van der Waals surface area contributed by atoms with Gasteiger partial charge in [-0.1, -0.05) is 24.8 Å². The Bertz CT molecular complexity index is 773. The van der Waals surface area contributed by atoms with Gasteiger partial charge in [-0.15, -0.1) is 0 Å². The molecule has 0 aliphatic carbocycles. The molecule has 26 heavy (non-hydrogen) atoms. The lowest BCUT2D eigenvalue weighted by atomic mass is 10.1. The van der Waals surface area contributed by atoms with Crippen molar-refractivity contribution >= 4 is 23.6 Å². The third-order valence-electron chi connectivity index (χ3n) is 4.03. The lowest BCUT2D eigenvalue weighted by molar-refractivity contribution is -0.127. The normalized spacial score (nSPS) is 11.8. The van der Waals surface area contributed by atoms with Gasteiger partial charge in [0.05, 0.1) is 5.75 Å². The van der Waals surface area contributed by atoms with Gasteiger partial charge in [-0.25, -0.2) is 4.98 Å². The Kier molecular flexibility index (Phi) is 7.26. The van der Waals surface area contributed by atoms with Gasteiger partial charge in [0.15, 0.2) is 5.16 Å². The SMILES string of the molecule is CCCNC(=O)[C@H](C)NC(=O)CSc1nccn1-c1ccc(C)c(C)c1. The molecule has 1 heterocycles. The van der Waals surface area contributed by atoms with Crippen LogP contribution >= 0.6 is 11.8 Å². The van der Waals surface area contributed by atoms with E-state index in [1.807, 2.05) is 23.8 Å². The quantitative estimate of drug-likeness (QED) is 0.697. The Labute approximate surface area is 158 Å². The van der Waals surface area contributed by atoms with Gasteiger partial charge >= 0.3 is 0 Å². The van der Waals surface area contributed by atoms with Gasteiger partial charge in [0.1, 0.15) is 6.04 Å². The Morgan fingerprint density at radius 3 is 2.73 bits per heavy atom. The number of rotatable bonds is 8. The van der Waals surface area contributed by atoms with Crippen molar-refractivity contribution in [3.05, 3.63) is 41.7 Å². The van der Waals surface area contributed by atoms with Crippen LogP contribution in [0.3, 0.4) is 0 Å². The Balaban J connectivity index is 1.94. The second kappa shape index (κ2) is 9.43.